The van der Waals surface area contributed by atoms with E-state index >= 15 is 0 Å². The molecule has 2 amide bonds. The minimum Gasteiger partial charge on any atom is -0.494 e. The minimum atomic E-state index is -0.420. The molecule has 0 atom stereocenters. The van der Waals surface area contributed by atoms with Crippen molar-refractivity contribution in [2.24, 2.45) is 0 Å². The molecule has 0 saturated carbocycles. The second-order valence-electron chi connectivity index (χ2n) is 7.23. The Hall–Kier alpha value is -4.40. The van der Waals surface area contributed by atoms with Gasteiger partial charge in [-0.15, -0.1) is 0 Å². The first-order chi connectivity index (χ1) is 16.5. The van der Waals surface area contributed by atoms with Crippen molar-refractivity contribution in [3.05, 3.63) is 65.7 Å². The summed E-state index contributed by atoms with van der Waals surface area (Å²) < 4.78 is 27.4. The van der Waals surface area contributed by atoms with Crippen molar-refractivity contribution in [2.75, 3.05) is 45.2 Å². The highest BCUT2D eigenvalue weighted by atomic mass is 16.6. The number of hydrogen-bond donors (Lipinski definition) is 2. The minimum absolute atomic E-state index is 0.305. The van der Waals surface area contributed by atoms with Gasteiger partial charge in [-0.25, -0.2) is 0 Å². The van der Waals surface area contributed by atoms with E-state index in [2.05, 4.69) is 10.6 Å². The molecule has 0 unspecified atom stereocenters. The fourth-order valence-electron chi connectivity index (χ4n) is 3.48. The Bertz CT molecular complexity index is 1190. The molecular weight excluding hydrogens is 440 g/mol. The number of amides is 2. The number of carbonyl (C=O) groups is 2. The maximum Gasteiger partial charge on any atom is 0.256 e. The van der Waals surface area contributed by atoms with E-state index in [4.69, 9.17) is 23.7 Å². The Morgan fingerprint density at radius 1 is 0.706 bits per heavy atom. The van der Waals surface area contributed by atoms with E-state index in [9.17, 15) is 9.59 Å². The molecule has 0 saturated heterocycles. The van der Waals surface area contributed by atoms with Crippen LogP contribution in [0.2, 0.25) is 0 Å². The second kappa shape index (κ2) is 10.0. The third-order valence-electron chi connectivity index (χ3n) is 5.14. The Morgan fingerprint density at radius 2 is 1.26 bits per heavy atom. The van der Waals surface area contributed by atoms with Crippen molar-refractivity contribution in [3.63, 3.8) is 0 Å². The fraction of sp³-hybridized carbons (Fsp3) is 0.200. The summed E-state index contributed by atoms with van der Waals surface area (Å²) in [6.45, 7) is 0.779. The summed E-state index contributed by atoms with van der Waals surface area (Å²) in [5.74, 6) is 1.24. The summed E-state index contributed by atoms with van der Waals surface area (Å²) in [7, 11) is 4.43. The van der Waals surface area contributed by atoms with E-state index in [0.717, 1.165) is 0 Å². The Morgan fingerprint density at radius 3 is 1.85 bits per heavy atom. The number of anilines is 2. The van der Waals surface area contributed by atoms with E-state index in [-0.39, 0.29) is 5.91 Å². The Labute approximate surface area is 196 Å². The fourth-order valence-corrected chi connectivity index (χ4v) is 3.48. The van der Waals surface area contributed by atoms with Gasteiger partial charge in [0.15, 0.2) is 11.5 Å². The van der Waals surface area contributed by atoms with Crippen LogP contribution in [0.25, 0.3) is 0 Å². The number of ether oxygens (including phenoxy) is 5. The standard InChI is InChI=1S/C25H24N2O7/c1-30-19-14-18(20(31-2)13-17(19)26-24(28)15-7-5-4-6-8-15)27-25(29)16-11-21(32-3)23-22(12-16)33-9-10-34-23/h4-8,11-14H,9-10H2,1-3H3,(H,26,28)(H,27,29). The Kier molecular flexibility index (Phi) is 6.72. The first-order valence-corrected chi connectivity index (χ1v) is 10.5. The maximum absolute atomic E-state index is 13.1. The summed E-state index contributed by atoms with van der Waals surface area (Å²) in [6.07, 6.45) is 0. The van der Waals surface area contributed by atoms with Crippen molar-refractivity contribution in [2.45, 2.75) is 0 Å². The highest BCUT2D eigenvalue weighted by Gasteiger charge is 2.22. The zero-order chi connectivity index (χ0) is 24.1. The van der Waals surface area contributed by atoms with Gasteiger partial charge in [0.25, 0.3) is 11.8 Å². The number of benzene rings is 3. The normalized spacial score (nSPS) is 11.9. The number of fused-ring (bicyclic) bond motifs is 1. The molecule has 0 bridgehead atoms. The first kappa shape index (κ1) is 22.8. The molecule has 4 rings (SSSR count). The summed E-state index contributed by atoms with van der Waals surface area (Å²) in [4.78, 5) is 25.7. The van der Waals surface area contributed by atoms with Crippen molar-refractivity contribution in [3.8, 4) is 28.7 Å². The van der Waals surface area contributed by atoms with Gasteiger partial charge in [-0.3, -0.25) is 9.59 Å². The van der Waals surface area contributed by atoms with Crippen molar-refractivity contribution in [1.29, 1.82) is 0 Å². The van der Waals surface area contributed by atoms with Crippen molar-refractivity contribution >= 4 is 23.2 Å². The van der Waals surface area contributed by atoms with Crippen LogP contribution in [0.15, 0.2) is 54.6 Å². The van der Waals surface area contributed by atoms with Crippen LogP contribution >= 0.6 is 0 Å². The number of methoxy groups -OCH3 is 3. The Balaban J connectivity index is 1.61. The lowest BCUT2D eigenvalue weighted by molar-refractivity contribution is 0.101. The zero-order valence-corrected chi connectivity index (χ0v) is 19.0. The summed E-state index contributed by atoms with van der Waals surface area (Å²) in [6, 6.07) is 15.1. The number of hydrogen-bond acceptors (Lipinski definition) is 7. The van der Waals surface area contributed by atoms with Crippen LogP contribution in [0.1, 0.15) is 20.7 Å². The molecule has 34 heavy (non-hydrogen) atoms. The molecule has 1 aliphatic heterocycles. The zero-order valence-electron chi connectivity index (χ0n) is 19.0. The van der Waals surface area contributed by atoms with Crippen LogP contribution in [0.3, 0.4) is 0 Å². The van der Waals surface area contributed by atoms with Gasteiger partial charge in [0, 0.05) is 23.3 Å². The molecule has 3 aromatic carbocycles. The average molecular weight is 464 g/mol. The topological polar surface area (TPSA) is 104 Å². The van der Waals surface area contributed by atoms with Crippen LogP contribution in [-0.2, 0) is 0 Å². The second-order valence-corrected chi connectivity index (χ2v) is 7.23. The van der Waals surface area contributed by atoms with Crippen LogP contribution < -0.4 is 34.3 Å². The molecule has 176 valence electrons. The summed E-state index contributed by atoms with van der Waals surface area (Å²) in [5.41, 5.74) is 1.56. The van der Waals surface area contributed by atoms with Gasteiger partial charge in [-0.1, -0.05) is 18.2 Å². The number of rotatable bonds is 7. The van der Waals surface area contributed by atoms with E-state index in [1.807, 2.05) is 6.07 Å². The van der Waals surface area contributed by atoms with Gasteiger partial charge in [-0.2, -0.15) is 0 Å². The maximum atomic E-state index is 13.1. The number of nitrogens with one attached hydrogen (secondary N) is 2. The van der Waals surface area contributed by atoms with Gasteiger partial charge in [-0.05, 0) is 24.3 Å². The van der Waals surface area contributed by atoms with Gasteiger partial charge in [0.05, 0.1) is 32.7 Å². The SMILES string of the molecule is COc1cc(NC(=O)c2cc(OC)c3c(c2)OCCO3)c(OC)cc1NC(=O)c1ccccc1. The molecule has 1 heterocycles. The van der Waals surface area contributed by atoms with Gasteiger partial charge < -0.3 is 34.3 Å². The van der Waals surface area contributed by atoms with Gasteiger partial charge in [0.1, 0.15) is 24.7 Å². The van der Waals surface area contributed by atoms with Crippen LogP contribution in [0, 0.1) is 0 Å². The molecule has 0 aromatic heterocycles. The van der Waals surface area contributed by atoms with Crippen molar-refractivity contribution < 1.29 is 33.3 Å². The predicted molar refractivity (Wildman–Crippen MR) is 126 cm³/mol. The first-order valence-electron chi connectivity index (χ1n) is 10.5. The quantitative estimate of drug-likeness (QED) is 0.545. The molecule has 9 heteroatoms. The lowest BCUT2D eigenvalue weighted by atomic mass is 10.1. The smallest absolute Gasteiger partial charge is 0.256 e. The van der Waals surface area contributed by atoms with E-state index in [1.165, 1.54) is 21.3 Å². The van der Waals surface area contributed by atoms with Crippen LogP contribution in [0.5, 0.6) is 28.7 Å². The molecule has 0 radical (unpaired) electrons. The monoisotopic (exact) mass is 464 g/mol. The highest BCUT2D eigenvalue weighted by molar-refractivity contribution is 6.08. The molecule has 0 aliphatic carbocycles. The molecule has 3 aromatic rings. The van der Waals surface area contributed by atoms with E-state index < -0.39 is 5.91 Å². The average Bonchev–Trinajstić information content (AvgIpc) is 2.88. The van der Waals surface area contributed by atoms with Crippen molar-refractivity contribution in [1.82, 2.24) is 0 Å². The molecule has 0 spiro atoms. The lowest BCUT2D eigenvalue weighted by Crippen LogP contribution is -2.18. The summed E-state index contributed by atoms with van der Waals surface area (Å²) in [5, 5.41) is 5.62. The van der Waals surface area contributed by atoms with E-state index in [0.29, 0.717) is 64.5 Å². The third-order valence-corrected chi connectivity index (χ3v) is 5.14. The third kappa shape index (κ3) is 4.68. The van der Waals surface area contributed by atoms with Gasteiger partial charge >= 0.3 is 0 Å². The predicted octanol–water partition coefficient (Wildman–Crippen LogP) is 3.99. The highest BCUT2D eigenvalue weighted by Crippen LogP contribution is 2.41. The summed E-state index contributed by atoms with van der Waals surface area (Å²) >= 11 is 0. The molecule has 0 fully saturated rings. The molecule has 1 aliphatic rings. The molecule has 9 nitrogen and oxygen atoms in total. The lowest BCUT2D eigenvalue weighted by Gasteiger charge is -2.21. The largest absolute Gasteiger partial charge is 0.494 e. The van der Waals surface area contributed by atoms with Gasteiger partial charge in [0.2, 0.25) is 5.75 Å². The van der Waals surface area contributed by atoms with Crippen LogP contribution in [0.4, 0.5) is 11.4 Å². The van der Waals surface area contributed by atoms with Crippen LogP contribution in [-0.4, -0.2) is 46.4 Å². The number of carbonyl (C=O) groups excluding carboxylic acids is 2. The van der Waals surface area contributed by atoms with E-state index in [1.54, 1.807) is 48.5 Å². The molecule has 2 N–H and O–H groups in total. The molecular formula is C25H24N2O7.